The SMILES string of the molecule is COC(=O)COc1ccc(CN2CCNCC2c2cccc(F)c2)cc1. The fourth-order valence-electron chi connectivity index (χ4n) is 3.10. The molecule has 0 bridgehead atoms. The molecule has 0 spiro atoms. The molecule has 0 amide bonds. The van der Waals surface area contributed by atoms with Gasteiger partial charge in [-0.1, -0.05) is 24.3 Å². The van der Waals surface area contributed by atoms with Gasteiger partial charge in [0.1, 0.15) is 11.6 Å². The highest BCUT2D eigenvalue weighted by Gasteiger charge is 2.24. The minimum Gasteiger partial charge on any atom is -0.482 e. The molecule has 2 aromatic carbocycles. The number of halogens is 1. The van der Waals surface area contributed by atoms with Gasteiger partial charge in [0.15, 0.2) is 6.61 Å². The molecule has 0 aliphatic carbocycles. The van der Waals surface area contributed by atoms with E-state index in [1.54, 1.807) is 12.1 Å². The molecule has 6 heteroatoms. The Morgan fingerprint density at radius 3 is 2.81 bits per heavy atom. The molecule has 2 aromatic rings. The molecule has 1 heterocycles. The quantitative estimate of drug-likeness (QED) is 0.804. The number of piperazine rings is 1. The number of hydrogen-bond donors (Lipinski definition) is 1. The smallest absolute Gasteiger partial charge is 0.343 e. The second kappa shape index (κ2) is 8.78. The molecule has 26 heavy (non-hydrogen) atoms. The van der Waals surface area contributed by atoms with Crippen molar-refractivity contribution in [2.45, 2.75) is 12.6 Å². The first-order valence-electron chi connectivity index (χ1n) is 8.64. The summed E-state index contributed by atoms with van der Waals surface area (Å²) in [4.78, 5) is 13.5. The number of benzene rings is 2. The van der Waals surface area contributed by atoms with Crippen molar-refractivity contribution in [3.8, 4) is 5.75 Å². The lowest BCUT2D eigenvalue weighted by atomic mass is 10.0. The normalized spacial score (nSPS) is 17.7. The third kappa shape index (κ3) is 4.80. The first-order valence-corrected chi connectivity index (χ1v) is 8.64. The Morgan fingerprint density at radius 2 is 2.08 bits per heavy atom. The standard InChI is InChI=1S/C20H23FN2O3/c1-25-20(24)14-26-18-7-5-15(6-8-18)13-23-10-9-22-12-19(23)16-3-2-4-17(21)11-16/h2-8,11,19,22H,9-10,12-14H2,1H3. The lowest BCUT2D eigenvalue weighted by molar-refractivity contribution is -0.142. The summed E-state index contributed by atoms with van der Waals surface area (Å²) in [5.74, 6) is 0.00843. The topological polar surface area (TPSA) is 50.8 Å². The summed E-state index contributed by atoms with van der Waals surface area (Å²) in [5, 5.41) is 3.38. The van der Waals surface area contributed by atoms with Gasteiger partial charge in [0, 0.05) is 32.2 Å². The molecule has 1 fully saturated rings. The van der Waals surface area contributed by atoms with Crippen LogP contribution in [0.15, 0.2) is 48.5 Å². The van der Waals surface area contributed by atoms with Gasteiger partial charge >= 0.3 is 5.97 Å². The monoisotopic (exact) mass is 358 g/mol. The molecule has 1 N–H and O–H groups in total. The lowest BCUT2D eigenvalue weighted by Gasteiger charge is -2.36. The van der Waals surface area contributed by atoms with Crippen molar-refractivity contribution < 1.29 is 18.7 Å². The zero-order valence-electron chi connectivity index (χ0n) is 14.8. The van der Waals surface area contributed by atoms with Gasteiger partial charge in [-0.2, -0.15) is 0 Å². The van der Waals surface area contributed by atoms with E-state index in [-0.39, 0.29) is 18.5 Å². The van der Waals surface area contributed by atoms with E-state index in [1.807, 2.05) is 30.3 Å². The van der Waals surface area contributed by atoms with Crippen LogP contribution in [0, 0.1) is 5.82 Å². The average molecular weight is 358 g/mol. The Balaban J connectivity index is 1.65. The molecular weight excluding hydrogens is 335 g/mol. The number of rotatable bonds is 6. The largest absolute Gasteiger partial charge is 0.482 e. The minimum atomic E-state index is -0.409. The summed E-state index contributed by atoms with van der Waals surface area (Å²) < 4.78 is 23.5. The summed E-state index contributed by atoms with van der Waals surface area (Å²) in [6, 6.07) is 14.6. The molecule has 0 aromatic heterocycles. The maximum Gasteiger partial charge on any atom is 0.343 e. The molecule has 5 nitrogen and oxygen atoms in total. The summed E-state index contributed by atoms with van der Waals surface area (Å²) >= 11 is 0. The second-order valence-corrected chi connectivity index (χ2v) is 6.25. The van der Waals surface area contributed by atoms with E-state index in [1.165, 1.54) is 13.2 Å². The van der Waals surface area contributed by atoms with E-state index in [4.69, 9.17) is 4.74 Å². The number of carbonyl (C=O) groups excluding carboxylic acids is 1. The van der Waals surface area contributed by atoms with Crippen molar-refractivity contribution in [2.24, 2.45) is 0 Å². The van der Waals surface area contributed by atoms with Crippen LogP contribution in [0.1, 0.15) is 17.2 Å². The summed E-state index contributed by atoms with van der Waals surface area (Å²) in [7, 11) is 1.33. The van der Waals surface area contributed by atoms with E-state index in [2.05, 4.69) is 15.0 Å². The highest BCUT2D eigenvalue weighted by molar-refractivity contribution is 5.70. The van der Waals surface area contributed by atoms with Crippen LogP contribution in [0.4, 0.5) is 4.39 Å². The first kappa shape index (κ1) is 18.4. The maximum atomic E-state index is 13.6. The van der Waals surface area contributed by atoms with E-state index >= 15 is 0 Å². The molecule has 0 radical (unpaired) electrons. The molecule has 1 unspecified atom stereocenters. The molecule has 1 aliphatic heterocycles. The minimum absolute atomic E-state index is 0.102. The number of methoxy groups -OCH3 is 1. The highest BCUT2D eigenvalue weighted by atomic mass is 19.1. The van der Waals surface area contributed by atoms with Crippen molar-refractivity contribution in [1.82, 2.24) is 10.2 Å². The molecular formula is C20H23FN2O3. The number of hydrogen-bond acceptors (Lipinski definition) is 5. The Morgan fingerprint density at radius 1 is 1.27 bits per heavy atom. The molecule has 138 valence electrons. The molecule has 1 aliphatic rings. The number of carbonyl (C=O) groups is 1. The molecule has 1 saturated heterocycles. The van der Waals surface area contributed by atoms with Gasteiger partial charge < -0.3 is 14.8 Å². The summed E-state index contributed by atoms with van der Waals surface area (Å²) in [6.45, 7) is 3.26. The fourth-order valence-corrected chi connectivity index (χ4v) is 3.10. The Bertz CT molecular complexity index is 736. The average Bonchev–Trinajstić information content (AvgIpc) is 2.67. The fraction of sp³-hybridized carbons (Fsp3) is 0.350. The van der Waals surface area contributed by atoms with Crippen molar-refractivity contribution in [3.05, 3.63) is 65.5 Å². The maximum absolute atomic E-state index is 13.6. The van der Waals surface area contributed by atoms with Crippen LogP contribution in [-0.2, 0) is 16.1 Å². The first-order chi connectivity index (χ1) is 12.7. The van der Waals surface area contributed by atoms with E-state index in [0.29, 0.717) is 5.75 Å². The van der Waals surface area contributed by atoms with Crippen molar-refractivity contribution in [2.75, 3.05) is 33.4 Å². The lowest BCUT2D eigenvalue weighted by Crippen LogP contribution is -2.45. The van der Waals surface area contributed by atoms with Crippen LogP contribution < -0.4 is 10.1 Å². The number of nitrogens with zero attached hydrogens (tertiary/aromatic N) is 1. The summed E-state index contributed by atoms with van der Waals surface area (Å²) in [6.07, 6.45) is 0. The van der Waals surface area contributed by atoms with Gasteiger partial charge in [-0.05, 0) is 35.4 Å². The molecule has 3 rings (SSSR count). The van der Waals surface area contributed by atoms with Gasteiger partial charge in [-0.15, -0.1) is 0 Å². The van der Waals surface area contributed by atoms with Gasteiger partial charge in [0.2, 0.25) is 0 Å². The zero-order chi connectivity index (χ0) is 18.4. The molecule has 0 saturated carbocycles. The zero-order valence-corrected chi connectivity index (χ0v) is 14.8. The third-order valence-corrected chi connectivity index (χ3v) is 4.48. The van der Waals surface area contributed by atoms with E-state index in [0.717, 1.165) is 37.3 Å². The van der Waals surface area contributed by atoms with Crippen LogP contribution >= 0.6 is 0 Å². The van der Waals surface area contributed by atoms with Crippen molar-refractivity contribution in [1.29, 1.82) is 0 Å². The van der Waals surface area contributed by atoms with Crippen LogP contribution in [-0.4, -0.2) is 44.2 Å². The summed E-state index contributed by atoms with van der Waals surface area (Å²) in [5.41, 5.74) is 2.12. The van der Waals surface area contributed by atoms with Crippen molar-refractivity contribution in [3.63, 3.8) is 0 Å². The predicted octanol–water partition coefficient (Wildman–Crippen LogP) is 2.52. The van der Waals surface area contributed by atoms with Gasteiger partial charge in [-0.3, -0.25) is 4.90 Å². The number of esters is 1. The van der Waals surface area contributed by atoms with E-state index < -0.39 is 5.97 Å². The van der Waals surface area contributed by atoms with Crippen LogP contribution in [0.2, 0.25) is 0 Å². The number of nitrogens with one attached hydrogen (secondary N) is 1. The Kier molecular flexibility index (Phi) is 6.20. The van der Waals surface area contributed by atoms with E-state index in [9.17, 15) is 9.18 Å². The van der Waals surface area contributed by atoms with Gasteiger partial charge in [0.05, 0.1) is 7.11 Å². The highest BCUT2D eigenvalue weighted by Crippen LogP contribution is 2.25. The van der Waals surface area contributed by atoms with Crippen molar-refractivity contribution >= 4 is 5.97 Å². The predicted molar refractivity (Wildman–Crippen MR) is 96.4 cm³/mol. The van der Waals surface area contributed by atoms with Crippen LogP contribution in [0.3, 0.4) is 0 Å². The second-order valence-electron chi connectivity index (χ2n) is 6.25. The Hall–Kier alpha value is -2.44. The number of ether oxygens (including phenoxy) is 2. The van der Waals surface area contributed by atoms with Gasteiger partial charge in [0.25, 0.3) is 0 Å². The third-order valence-electron chi connectivity index (χ3n) is 4.48. The Labute approximate surface area is 152 Å². The van der Waals surface area contributed by atoms with Crippen LogP contribution in [0.5, 0.6) is 5.75 Å². The van der Waals surface area contributed by atoms with Crippen LogP contribution in [0.25, 0.3) is 0 Å². The molecule has 1 atom stereocenters. The van der Waals surface area contributed by atoms with Gasteiger partial charge in [-0.25, -0.2) is 9.18 Å².